The third kappa shape index (κ3) is 2.51. The quantitative estimate of drug-likeness (QED) is 0.730. The van der Waals surface area contributed by atoms with Crippen LogP contribution in [0.5, 0.6) is 11.5 Å². The Morgan fingerprint density at radius 1 is 1.38 bits per heavy atom. The molecule has 0 spiro atoms. The molecule has 0 fully saturated rings. The highest BCUT2D eigenvalue weighted by Crippen LogP contribution is 2.38. The summed E-state index contributed by atoms with van der Waals surface area (Å²) in [7, 11) is 2.99. The van der Waals surface area contributed by atoms with Crippen LogP contribution in [0.4, 0.5) is 5.69 Å². The maximum atomic E-state index is 11.0. The second-order valence-electron chi connectivity index (χ2n) is 3.34. The Balaban J connectivity index is 3.27. The normalized spacial score (nSPS) is 9.38. The number of nitrogens with zero attached hydrogens (tertiary/aromatic N) is 1. The number of hydrogen-bond donors (Lipinski definition) is 0. The van der Waals surface area contributed by atoms with Crippen LogP contribution in [0.2, 0.25) is 0 Å². The Morgan fingerprint density at radius 2 is 2.06 bits per heavy atom. The summed E-state index contributed by atoms with van der Waals surface area (Å²) >= 11 is 0. The van der Waals surface area contributed by atoms with E-state index in [1.54, 1.807) is 12.1 Å². The predicted molar refractivity (Wildman–Crippen MR) is 60.2 cm³/mol. The third-order valence-corrected chi connectivity index (χ3v) is 2.09. The molecule has 0 aliphatic rings. The summed E-state index contributed by atoms with van der Waals surface area (Å²) in [6, 6.07) is 3.37. The lowest BCUT2D eigenvalue weighted by atomic mass is 10.1. The summed E-state index contributed by atoms with van der Waals surface area (Å²) in [6.07, 6.45) is 0.295. The molecule has 16 heavy (non-hydrogen) atoms. The zero-order valence-corrected chi connectivity index (χ0v) is 9.53. The van der Waals surface area contributed by atoms with Gasteiger partial charge in [0.25, 0.3) is 0 Å². The van der Waals surface area contributed by atoms with Gasteiger partial charge in [0.15, 0.2) is 5.75 Å². The van der Waals surface area contributed by atoms with Gasteiger partial charge in [-0.3, -0.25) is 4.79 Å². The second-order valence-corrected chi connectivity index (χ2v) is 3.34. The Morgan fingerprint density at radius 3 is 2.50 bits per heavy atom. The predicted octanol–water partition coefficient (Wildman–Crippen LogP) is 2.39. The van der Waals surface area contributed by atoms with E-state index in [0.29, 0.717) is 23.6 Å². The van der Waals surface area contributed by atoms with Crippen molar-refractivity contribution in [2.45, 2.75) is 13.3 Å². The van der Waals surface area contributed by atoms with Crippen molar-refractivity contribution in [2.24, 2.45) is 0 Å². The van der Waals surface area contributed by atoms with E-state index in [4.69, 9.17) is 16.0 Å². The standard InChI is InChI=1S/C12H13NO3/c1-8(14)5-9-6-10(13-2)12(16-4)11(7-9)15-3/h6-7H,5H2,1,3-4H3. The fraction of sp³-hybridized carbons (Fsp3) is 0.333. The zero-order valence-electron chi connectivity index (χ0n) is 9.53. The number of hydrogen-bond acceptors (Lipinski definition) is 3. The van der Waals surface area contributed by atoms with E-state index < -0.39 is 0 Å². The van der Waals surface area contributed by atoms with Crippen LogP contribution in [0.15, 0.2) is 12.1 Å². The molecule has 84 valence electrons. The first-order valence-corrected chi connectivity index (χ1v) is 4.74. The average Bonchev–Trinajstić information content (AvgIpc) is 2.26. The van der Waals surface area contributed by atoms with E-state index in [1.165, 1.54) is 21.1 Å². The molecule has 0 N–H and O–H groups in total. The molecule has 0 aromatic heterocycles. The maximum absolute atomic E-state index is 11.0. The van der Waals surface area contributed by atoms with Crippen molar-refractivity contribution < 1.29 is 14.3 Å². The molecule has 0 aliphatic heterocycles. The molecule has 0 unspecified atom stereocenters. The van der Waals surface area contributed by atoms with Crippen LogP contribution < -0.4 is 9.47 Å². The van der Waals surface area contributed by atoms with Gasteiger partial charge in [-0.05, 0) is 24.6 Å². The maximum Gasteiger partial charge on any atom is 0.232 e. The Bertz CT molecular complexity index is 446. The molecule has 1 aromatic carbocycles. The number of carbonyl (C=O) groups excluding carboxylic acids is 1. The molecule has 0 amide bonds. The smallest absolute Gasteiger partial charge is 0.232 e. The van der Waals surface area contributed by atoms with Gasteiger partial charge in [0.05, 0.1) is 20.8 Å². The van der Waals surface area contributed by atoms with Crippen molar-refractivity contribution in [2.75, 3.05) is 14.2 Å². The molecule has 4 heteroatoms. The van der Waals surface area contributed by atoms with Gasteiger partial charge in [0.1, 0.15) is 11.5 Å². The van der Waals surface area contributed by atoms with E-state index >= 15 is 0 Å². The Kier molecular flexibility index (Phi) is 3.90. The lowest BCUT2D eigenvalue weighted by Crippen LogP contribution is -1.98. The van der Waals surface area contributed by atoms with E-state index in [-0.39, 0.29) is 5.78 Å². The number of methoxy groups -OCH3 is 2. The lowest BCUT2D eigenvalue weighted by Gasteiger charge is -2.11. The van der Waals surface area contributed by atoms with E-state index in [9.17, 15) is 4.79 Å². The van der Waals surface area contributed by atoms with Crippen molar-refractivity contribution in [1.82, 2.24) is 0 Å². The van der Waals surface area contributed by atoms with Crippen LogP contribution in [0.1, 0.15) is 12.5 Å². The average molecular weight is 219 g/mol. The minimum atomic E-state index is 0.0446. The van der Waals surface area contributed by atoms with Gasteiger partial charge < -0.3 is 9.47 Å². The van der Waals surface area contributed by atoms with Gasteiger partial charge in [-0.2, -0.15) is 0 Å². The number of benzene rings is 1. The fourth-order valence-electron chi connectivity index (χ4n) is 1.47. The summed E-state index contributed by atoms with van der Waals surface area (Å²) in [5.74, 6) is 0.931. The first-order valence-electron chi connectivity index (χ1n) is 4.74. The highest BCUT2D eigenvalue weighted by atomic mass is 16.5. The molecule has 1 aromatic rings. The van der Waals surface area contributed by atoms with Crippen molar-refractivity contribution in [3.05, 3.63) is 29.1 Å². The molecule has 0 bridgehead atoms. The van der Waals surface area contributed by atoms with Crippen molar-refractivity contribution >= 4 is 11.5 Å². The largest absolute Gasteiger partial charge is 0.504 e. The van der Waals surface area contributed by atoms with Gasteiger partial charge in [0, 0.05) is 6.42 Å². The molecule has 0 aliphatic carbocycles. The van der Waals surface area contributed by atoms with E-state index in [1.807, 2.05) is 0 Å². The third-order valence-electron chi connectivity index (χ3n) is 2.09. The SMILES string of the molecule is [C-]#[N+]c1cc(CC(C)=O)cc(OC)c1OC. The zero-order chi connectivity index (χ0) is 12.1. The second kappa shape index (κ2) is 5.17. The molecule has 0 radical (unpaired) electrons. The highest BCUT2D eigenvalue weighted by Gasteiger charge is 2.12. The van der Waals surface area contributed by atoms with Crippen molar-refractivity contribution in [3.8, 4) is 11.5 Å². The molecule has 0 saturated carbocycles. The van der Waals surface area contributed by atoms with Crippen LogP contribution in [0.25, 0.3) is 4.85 Å². The minimum Gasteiger partial charge on any atom is -0.504 e. The molecule has 0 atom stereocenters. The number of ether oxygens (including phenoxy) is 2. The van der Waals surface area contributed by atoms with E-state index in [0.717, 1.165) is 5.56 Å². The van der Waals surface area contributed by atoms with Gasteiger partial charge >= 0.3 is 0 Å². The first kappa shape index (κ1) is 12.1. The van der Waals surface area contributed by atoms with Crippen LogP contribution in [-0.4, -0.2) is 20.0 Å². The van der Waals surface area contributed by atoms with Gasteiger partial charge in [0.2, 0.25) is 5.69 Å². The van der Waals surface area contributed by atoms with Crippen LogP contribution in [0, 0.1) is 6.57 Å². The van der Waals surface area contributed by atoms with Gasteiger partial charge in [-0.15, -0.1) is 0 Å². The minimum absolute atomic E-state index is 0.0446. The van der Waals surface area contributed by atoms with Gasteiger partial charge in [-0.25, -0.2) is 4.85 Å². The number of ketones is 1. The number of Topliss-reactive ketones (excluding diaryl/α,β-unsaturated/α-hetero) is 1. The monoisotopic (exact) mass is 219 g/mol. The fourth-order valence-corrected chi connectivity index (χ4v) is 1.47. The summed E-state index contributed by atoms with van der Waals surface area (Å²) in [6.45, 7) is 8.55. The number of rotatable bonds is 4. The lowest BCUT2D eigenvalue weighted by molar-refractivity contribution is -0.116. The first-order chi connectivity index (χ1) is 7.62. The summed E-state index contributed by atoms with van der Waals surface area (Å²) in [4.78, 5) is 14.4. The van der Waals surface area contributed by atoms with Crippen molar-refractivity contribution in [3.63, 3.8) is 0 Å². The molecular formula is C12H13NO3. The molecule has 0 saturated heterocycles. The molecule has 1 rings (SSSR count). The van der Waals surface area contributed by atoms with E-state index in [2.05, 4.69) is 4.85 Å². The topological polar surface area (TPSA) is 39.9 Å². The van der Waals surface area contributed by atoms with Crippen LogP contribution in [0.3, 0.4) is 0 Å². The van der Waals surface area contributed by atoms with Crippen LogP contribution in [-0.2, 0) is 11.2 Å². The molecular weight excluding hydrogens is 206 g/mol. The Hall–Kier alpha value is -2.02. The highest BCUT2D eigenvalue weighted by molar-refractivity contribution is 5.79. The molecule has 0 heterocycles. The summed E-state index contributed by atoms with van der Waals surface area (Å²) in [5.41, 5.74) is 1.12. The van der Waals surface area contributed by atoms with Gasteiger partial charge in [-0.1, -0.05) is 0 Å². The summed E-state index contributed by atoms with van der Waals surface area (Å²) in [5, 5.41) is 0. The number of carbonyl (C=O) groups is 1. The summed E-state index contributed by atoms with van der Waals surface area (Å²) < 4.78 is 10.2. The van der Waals surface area contributed by atoms with Crippen LogP contribution >= 0.6 is 0 Å². The van der Waals surface area contributed by atoms with Crippen molar-refractivity contribution in [1.29, 1.82) is 0 Å². The Labute approximate surface area is 94.6 Å². The molecule has 4 nitrogen and oxygen atoms in total.